The van der Waals surface area contributed by atoms with Crippen LogP contribution in [0.5, 0.6) is 0 Å². The molecule has 1 aromatic carbocycles. The van der Waals surface area contributed by atoms with Crippen LogP contribution in [-0.2, 0) is 21.5 Å². The zero-order chi connectivity index (χ0) is 23.0. The van der Waals surface area contributed by atoms with Crippen molar-refractivity contribution in [3.05, 3.63) is 64.0 Å². The molecule has 0 radical (unpaired) electrons. The highest BCUT2D eigenvalue weighted by molar-refractivity contribution is 6.07. The van der Waals surface area contributed by atoms with Crippen LogP contribution in [0, 0.1) is 5.82 Å². The maximum atomic E-state index is 14.8. The number of pyridine rings is 1. The van der Waals surface area contributed by atoms with E-state index < -0.39 is 28.8 Å². The number of cyclic esters (lactones) is 1. The number of fused-ring (bicyclic) bond motifs is 1. The zero-order valence-corrected chi connectivity index (χ0v) is 18.0. The second-order valence-corrected chi connectivity index (χ2v) is 7.68. The molecule has 0 atom stereocenters. The molecule has 0 aliphatic carbocycles. The lowest BCUT2D eigenvalue weighted by Crippen LogP contribution is -2.31. The van der Waals surface area contributed by atoms with Gasteiger partial charge < -0.3 is 9.72 Å². The van der Waals surface area contributed by atoms with E-state index in [0.717, 1.165) is 5.52 Å². The number of aromatic nitrogens is 3. The Balaban J connectivity index is 1.81. The predicted octanol–water partition coefficient (Wildman–Crippen LogP) is 3.76. The Morgan fingerprint density at radius 1 is 1.16 bits per heavy atom. The van der Waals surface area contributed by atoms with E-state index in [1.165, 1.54) is 12.1 Å². The van der Waals surface area contributed by atoms with Crippen LogP contribution in [0.1, 0.15) is 39.2 Å². The van der Waals surface area contributed by atoms with Crippen molar-refractivity contribution < 1.29 is 18.7 Å². The van der Waals surface area contributed by atoms with Crippen LogP contribution in [0.15, 0.2) is 47.1 Å². The number of imide groups is 1. The van der Waals surface area contributed by atoms with Gasteiger partial charge in [0.1, 0.15) is 5.82 Å². The number of alkyl carbamates (subject to hydrolysis) is 1. The number of benzene rings is 1. The first-order chi connectivity index (χ1) is 15.3. The molecule has 2 N–H and O–H groups in total. The van der Waals surface area contributed by atoms with Crippen molar-refractivity contribution in [2.75, 3.05) is 0 Å². The third kappa shape index (κ3) is 3.49. The molecule has 4 rings (SSSR count). The zero-order valence-electron chi connectivity index (χ0n) is 18.0. The number of nitrogens with zero attached hydrogens (tertiary/aromatic N) is 2. The summed E-state index contributed by atoms with van der Waals surface area (Å²) in [5.74, 6) is -1.24. The molecule has 0 saturated carbocycles. The summed E-state index contributed by atoms with van der Waals surface area (Å²) in [4.78, 5) is 39.2. The highest BCUT2D eigenvalue weighted by Gasteiger charge is 2.35. The first kappa shape index (κ1) is 21.5. The van der Waals surface area contributed by atoms with Gasteiger partial charge in [0.05, 0.1) is 17.4 Å². The monoisotopic (exact) mass is 438 g/mol. The van der Waals surface area contributed by atoms with Gasteiger partial charge in [-0.1, -0.05) is 19.9 Å². The molecule has 0 unspecified atom stereocenters. The molecule has 0 spiro atoms. The summed E-state index contributed by atoms with van der Waals surface area (Å²) >= 11 is 0. The Morgan fingerprint density at radius 2 is 1.91 bits per heavy atom. The number of hydrogen-bond donors (Lipinski definition) is 2. The number of aromatic amines is 1. The molecule has 2 amide bonds. The van der Waals surface area contributed by atoms with E-state index in [2.05, 4.69) is 15.4 Å². The van der Waals surface area contributed by atoms with Crippen molar-refractivity contribution in [2.24, 2.45) is 0 Å². The number of halogens is 1. The second kappa shape index (κ2) is 8.07. The Bertz CT molecular complexity index is 1320. The smallest absolute Gasteiger partial charge is 0.404 e. The minimum atomic E-state index is -0.844. The summed E-state index contributed by atoms with van der Waals surface area (Å²) < 4.78 is 21.5. The average Bonchev–Trinajstić information content (AvgIpc) is 3.32. The van der Waals surface area contributed by atoms with Gasteiger partial charge in [-0.3, -0.25) is 19.6 Å². The molecule has 9 heteroatoms. The molecule has 1 saturated heterocycles. The second-order valence-electron chi connectivity index (χ2n) is 7.68. The molecule has 32 heavy (non-hydrogen) atoms. The lowest BCUT2D eigenvalue weighted by molar-refractivity contribution is -0.116. The van der Waals surface area contributed by atoms with E-state index in [1.807, 2.05) is 20.8 Å². The van der Waals surface area contributed by atoms with Crippen LogP contribution in [-0.4, -0.2) is 26.8 Å². The molecule has 3 aromatic rings. The van der Waals surface area contributed by atoms with Gasteiger partial charge in [-0.05, 0) is 44.0 Å². The van der Waals surface area contributed by atoms with Crippen LogP contribution in [0.3, 0.4) is 0 Å². The number of carbonyl (C=O) groups is 2. The Kier molecular flexibility index (Phi) is 5.41. The van der Waals surface area contributed by atoms with Crippen molar-refractivity contribution in [1.82, 2.24) is 20.1 Å². The van der Waals surface area contributed by atoms with Crippen LogP contribution >= 0.6 is 0 Å². The van der Waals surface area contributed by atoms with Crippen molar-refractivity contribution in [3.8, 4) is 11.3 Å². The van der Waals surface area contributed by atoms with Gasteiger partial charge in [-0.25, -0.2) is 9.18 Å². The number of amides is 2. The van der Waals surface area contributed by atoms with Gasteiger partial charge >= 0.3 is 6.09 Å². The SMILES string of the molecule is CCn1ncc2cc(F)c(-c3ccc(C(C=C4OC(=O)NC4=O)(CC)CC)c(=O)[nH]3)cc21. The largest absolute Gasteiger partial charge is 0.419 e. The highest BCUT2D eigenvalue weighted by atomic mass is 19.1. The third-order valence-electron chi connectivity index (χ3n) is 6.08. The fourth-order valence-corrected chi connectivity index (χ4v) is 4.16. The number of aryl methyl sites for hydroxylation is 1. The minimum Gasteiger partial charge on any atom is -0.404 e. The molecule has 3 heterocycles. The maximum absolute atomic E-state index is 14.8. The first-order valence-corrected chi connectivity index (χ1v) is 10.5. The maximum Gasteiger partial charge on any atom is 0.419 e. The molecular weight excluding hydrogens is 415 g/mol. The summed E-state index contributed by atoms with van der Waals surface area (Å²) in [6.45, 7) is 6.33. The summed E-state index contributed by atoms with van der Waals surface area (Å²) in [5, 5.41) is 6.98. The van der Waals surface area contributed by atoms with Gasteiger partial charge in [-0.15, -0.1) is 0 Å². The fraction of sp³-hybridized carbons (Fsp3) is 0.304. The molecule has 1 aliphatic heterocycles. The number of allylic oxidation sites excluding steroid dienone is 1. The van der Waals surface area contributed by atoms with Crippen LogP contribution in [0.25, 0.3) is 22.2 Å². The van der Waals surface area contributed by atoms with E-state index in [9.17, 15) is 18.8 Å². The number of hydrogen-bond acceptors (Lipinski definition) is 5. The van der Waals surface area contributed by atoms with Crippen molar-refractivity contribution in [3.63, 3.8) is 0 Å². The standard InChI is InChI=1S/C23H23FN4O4/c1-4-23(5-2,11-19-21(30)27-22(31)32-19)15-7-8-17(26-20(15)29)14-10-18-13(9-16(14)24)12-25-28(18)6-3/h7-12H,4-6H2,1-3H3,(H,26,29)(H,27,30,31). The molecule has 166 valence electrons. The van der Waals surface area contributed by atoms with Gasteiger partial charge in [0, 0.05) is 28.5 Å². The Labute approximate surface area is 183 Å². The van der Waals surface area contributed by atoms with Crippen molar-refractivity contribution in [1.29, 1.82) is 0 Å². The third-order valence-corrected chi connectivity index (χ3v) is 6.08. The van der Waals surface area contributed by atoms with E-state index in [-0.39, 0.29) is 11.3 Å². The van der Waals surface area contributed by atoms with E-state index in [1.54, 1.807) is 29.1 Å². The predicted molar refractivity (Wildman–Crippen MR) is 116 cm³/mol. The molecule has 1 aliphatic rings. The number of nitrogens with one attached hydrogen (secondary N) is 2. The highest BCUT2D eigenvalue weighted by Crippen LogP contribution is 2.34. The minimum absolute atomic E-state index is 0.133. The van der Waals surface area contributed by atoms with Crippen LogP contribution in [0.2, 0.25) is 0 Å². The van der Waals surface area contributed by atoms with Gasteiger partial charge in [-0.2, -0.15) is 5.10 Å². The summed E-state index contributed by atoms with van der Waals surface area (Å²) in [5.41, 5.74) is 0.514. The quantitative estimate of drug-likeness (QED) is 0.570. The van der Waals surface area contributed by atoms with Gasteiger partial charge in [0.25, 0.3) is 11.5 Å². The fourth-order valence-electron chi connectivity index (χ4n) is 4.16. The van der Waals surface area contributed by atoms with Gasteiger partial charge in [0.2, 0.25) is 0 Å². The topological polar surface area (TPSA) is 106 Å². The first-order valence-electron chi connectivity index (χ1n) is 10.5. The number of rotatable bonds is 6. The molecule has 2 aromatic heterocycles. The molecule has 8 nitrogen and oxygen atoms in total. The number of carbonyl (C=O) groups excluding carboxylic acids is 2. The summed E-state index contributed by atoms with van der Waals surface area (Å²) in [7, 11) is 0. The molecular formula is C23H23FN4O4. The lowest BCUT2D eigenvalue weighted by Gasteiger charge is -2.28. The Hall–Kier alpha value is -3.75. The van der Waals surface area contributed by atoms with Crippen LogP contribution < -0.4 is 10.9 Å². The lowest BCUT2D eigenvalue weighted by atomic mass is 9.75. The van der Waals surface area contributed by atoms with E-state index in [4.69, 9.17) is 4.74 Å². The molecule has 1 fully saturated rings. The van der Waals surface area contributed by atoms with Gasteiger partial charge in [0.15, 0.2) is 5.76 Å². The van der Waals surface area contributed by atoms with E-state index >= 15 is 0 Å². The van der Waals surface area contributed by atoms with Crippen molar-refractivity contribution in [2.45, 2.75) is 45.6 Å². The Morgan fingerprint density at radius 3 is 2.50 bits per heavy atom. The summed E-state index contributed by atoms with van der Waals surface area (Å²) in [6, 6.07) is 6.35. The summed E-state index contributed by atoms with van der Waals surface area (Å²) in [6.07, 6.45) is 3.24. The van der Waals surface area contributed by atoms with E-state index in [0.29, 0.717) is 36.0 Å². The van der Waals surface area contributed by atoms with Crippen LogP contribution in [0.4, 0.5) is 9.18 Å². The number of ether oxygens (including phenoxy) is 1. The molecule has 0 bridgehead atoms. The average molecular weight is 438 g/mol. The number of H-pyrrole nitrogens is 1. The van der Waals surface area contributed by atoms with Crippen molar-refractivity contribution >= 4 is 22.9 Å². The normalized spacial score (nSPS) is 15.4.